The molecule has 2 N–H and O–H groups in total. The highest BCUT2D eigenvalue weighted by atomic mass is 16.5. The molecule has 1 atom stereocenters. The molecule has 1 heterocycles. The summed E-state index contributed by atoms with van der Waals surface area (Å²) in [7, 11) is 0. The minimum atomic E-state index is -0.236. The van der Waals surface area contributed by atoms with Gasteiger partial charge in [-0.05, 0) is 50.3 Å². The van der Waals surface area contributed by atoms with Crippen LogP contribution in [0, 0.1) is 12.8 Å². The van der Waals surface area contributed by atoms with Gasteiger partial charge in [0.2, 0.25) is 0 Å². The normalized spacial score (nSPS) is 15.7. The Morgan fingerprint density at radius 3 is 2.50 bits per heavy atom. The van der Waals surface area contributed by atoms with Gasteiger partial charge < -0.3 is 20.3 Å². The molecule has 1 aliphatic heterocycles. The molecule has 6 nitrogen and oxygen atoms in total. The Kier molecular flexibility index (Phi) is 7.45. The van der Waals surface area contributed by atoms with Crippen molar-refractivity contribution in [3.8, 4) is 0 Å². The van der Waals surface area contributed by atoms with Gasteiger partial charge in [-0.3, -0.25) is 4.79 Å². The summed E-state index contributed by atoms with van der Waals surface area (Å²) in [6, 6.07) is 5.31. The van der Waals surface area contributed by atoms with Crippen LogP contribution in [-0.2, 0) is 4.74 Å². The number of amides is 3. The van der Waals surface area contributed by atoms with Gasteiger partial charge in [0, 0.05) is 30.4 Å². The number of benzene rings is 1. The van der Waals surface area contributed by atoms with Gasteiger partial charge in [0.25, 0.3) is 5.91 Å². The second-order valence-corrected chi connectivity index (χ2v) is 7.35. The van der Waals surface area contributed by atoms with Gasteiger partial charge in [0.15, 0.2) is 0 Å². The van der Waals surface area contributed by atoms with E-state index in [9.17, 15) is 9.59 Å². The third kappa shape index (κ3) is 5.73. The number of morpholine rings is 1. The van der Waals surface area contributed by atoms with Crippen LogP contribution in [0.3, 0.4) is 0 Å². The smallest absolute Gasteiger partial charge is 0.319 e. The molecule has 0 bridgehead atoms. The van der Waals surface area contributed by atoms with Crippen molar-refractivity contribution in [3.63, 3.8) is 0 Å². The third-order valence-electron chi connectivity index (χ3n) is 4.67. The van der Waals surface area contributed by atoms with Gasteiger partial charge in [0.1, 0.15) is 0 Å². The van der Waals surface area contributed by atoms with Crippen LogP contribution in [0.5, 0.6) is 0 Å². The molecule has 1 unspecified atom stereocenters. The monoisotopic (exact) mass is 361 g/mol. The highest BCUT2D eigenvalue weighted by Gasteiger charge is 2.21. The first-order chi connectivity index (χ1) is 12.4. The number of rotatable bonds is 6. The molecule has 1 fully saturated rings. The molecule has 26 heavy (non-hydrogen) atoms. The van der Waals surface area contributed by atoms with Crippen LogP contribution >= 0.6 is 0 Å². The van der Waals surface area contributed by atoms with Crippen molar-refractivity contribution in [3.05, 3.63) is 29.3 Å². The van der Waals surface area contributed by atoms with E-state index >= 15 is 0 Å². The fraction of sp³-hybridized carbons (Fsp3) is 0.600. The molecular weight excluding hydrogens is 330 g/mol. The van der Waals surface area contributed by atoms with Gasteiger partial charge in [-0.2, -0.15) is 0 Å². The molecule has 0 spiro atoms. The minimum absolute atomic E-state index is 0.0137. The van der Waals surface area contributed by atoms with Crippen LogP contribution in [0.1, 0.15) is 49.5 Å². The largest absolute Gasteiger partial charge is 0.378 e. The quantitative estimate of drug-likeness (QED) is 0.816. The summed E-state index contributed by atoms with van der Waals surface area (Å²) in [4.78, 5) is 26.8. The van der Waals surface area contributed by atoms with Crippen molar-refractivity contribution in [2.24, 2.45) is 5.92 Å². The first kappa shape index (κ1) is 20.2. The second kappa shape index (κ2) is 9.57. The zero-order valence-corrected chi connectivity index (χ0v) is 16.3. The number of ether oxygens (including phenoxy) is 1. The van der Waals surface area contributed by atoms with E-state index in [-0.39, 0.29) is 18.0 Å². The van der Waals surface area contributed by atoms with Gasteiger partial charge >= 0.3 is 6.03 Å². The number of carbonyl (C=O) groups is 2. The Morgan fingerprint density at radius 2 is 1.85 bits per heavy atom. The van der Waals surface area contributed by atoms with Gasteiger partial charge in [-0.1, -0.05) is 19.9 Å². The second-order valence-electron chi connectivity index (χ2n) is 7.35. The first-order valence-electron chi connectivity index (χ1n) is 9.42. The summed E-state index contributed by atoms with van der Waals surface area (Å²) in [6.45, 7) is 10.6. The van der Waals surface area contributed by atoms with E-state index in [1.807, 2.05) is 26.0 Å². The zero-order valence-electron chi connectivity index (χ0n) is 16.3. The Labute approximate surface area is 156 Å². The summed E-state index contributed by atoms with van der Waals surface area (Å²) in [5.74, 6) is 0.604. The standard InChI is InChI=1S/C20H31N3O3/c1-14(2)8-9-15(3)21-20(25)22-18-7-5-6-17(16(18)4)19(24)23-10-12-26-13-11-23/h5-7,14-15H,8-13H2,1-4H3,(H2,21,22,25). The predicted molar refractivity (Wildman–Crippen MR) is 104 cm³/mol. The zero-order chi connectivity index (χ0) is 19.1. The fourth-order valence-corrected chi connectivity index (χ4v) is 2.98. The molecule has 0 aliphatic carbocycles. The Morgan fingerprint density at radius 1 is 1.15 bits per heavy atom. The molecule has 1 aromatic rings. The van der Waals surface area contributed by atoms with Crippen molar-refractivity contribution in [1.82, 2.24) is 10.2 Å². The Bertz CT molecular complexity index is 625. The van der Waals surface area contributed by atoms with E-state index < -0.39 is 0 Å². The molecule has 6 heteroatoms. The van der Waals surface area contributed by atoms with Crippen molar-refractivity contribution >= 4 is 17.6 Å². The topological polar surface area (TPSA) is 70.7 Å². The van der Waals surface area contributed by atoms with E-state index in [0.717, 1.165) is 18.4 Å². The molecule has 0 radical (unpaired) electrons. The Balaban J connectivity index is 1.99. The van der Waals surface area contributed by atoms with Crippen LogP contribution in [0.2, 0.25) is 0 Å². The summed E-state index contributed by atoms with van der Waals surface area (Å²) >= 11 is 0. The molecule has 1 saturated heterocycles. The SMILES string of the molecule is Cc1c(NC(=O)NC(C)CCC(C)C)cccc1C(=O)N1CCOCC1. The van der Waals surface area contributed by atoms with E-state index in [0.29, 0.717) is 43.5 Å². The van der Waals surface area contributed by atoms with Crippen LogP contribution in [-0.4, -0.2) is 49.2 Å². The highest BCUT2D eigenvalue weighted by molar-refractivity contribution is 5.99. The van der Waals surface area contributed by atoms with Gasteiger partial charge in [0.05, 0.1) is 13.2 Å². The number of urea groups is 1. The molecular formula is C20H31N3O3. The molecule has 2 rings (SSSR count). The van der Waals surface area contributed by atoms with Gasteiger partial charge in [-0.25, -0.2) is 4.79 Å². The van der Waals surface area contributed by atoms with Crippen LogP contribution in [0.4, 0.5) is 10.5 Å². The lowest BCUT2D eigenvalue weighted by Crippen LogP contribution is -2.41. The van der Waals surface area contributed by atoms with Crippen LogP contribution in [0.25, 0.3) is 0 Å². The molecule has 1 aliphatic rings. The van der Waals surface area contributed by atoms with E-state index in [2.05, 4.69) is 24.5 Å². The molecule has 0 aromatic heterocycles. The summed E-state index contributed by atoms with van der Waals surface area (Å²) < 4.78 is 5.30. The van der Waals surface area contributed by atoms with Crippen LogP contribution in [0.15, 0.2) is 18.2 Å². The first-order valence-corrected chi connectivity index (χ1v) is 9.42. The molecule has 144 valence electrons. The maximum atomic E-state index is 12.7. The van der Waals surface area contributed by atoms with Crippen molar-refractivity contribution in [1.29, 1.82) is 0 Å². The number of nitrogens with one attached hydrogen (secondary N) is 2. The minimum Gasteiger partial charge on any atom is -0.378 e. The van der Waals surface area contributed by atoms with Crippen molar-refractivity contribution in [2.45, 2.75) is 46.6 Å². The van der Waals surface area contributed by atoms with Crippen molar-refractivity contribution < 1.29 is 14.3 Å². The Hall–Kier alpha value is -2.08. The van der Waals surface area contributed by atoms with E-state index in [1.165, 1.54) is 0 Å². The molecule has 1 aromatic carbocycles. The summed E-state index contributed by atoms with van der Waals surface area (Å²) in [6.07, 6.45) is 2.02. The number of anilines is 1. The number of hydrogen-bond donors (Lipinski definition) is 2. The predicted octanol–water partition coefficient (Wildman–Crippen LogP) is 3.41. The lowest BCUT2D eigenvalue weighted by molar-refractivity contribution is 0.0302. The van der Waals surface area contributed by atoms with Gasteiger partial charge in [-0.15, -0.1) is 0 Å². The van der Waals surface area contributed by atoms with Crippen LogP contribution < -0.4 is 10.6 Å². The maximum Gasteiger partial charge on any atom is 0.319 e. The lowest BCUT2D eigenvalue weighted by Gasteiger charge is -2.27. The average molecular weight is 361 g/mol. The summed E-state index contributed by atoms with van der Waals surface area (Å²) in [5.41, 5.74) is 2.07. The highest BCUT2D eigenvalue weighted by Crippen LogP contribution is 2.21. The van der Waals surface area contributed by atoms with E-state index in [1.54, 1.807) is 11.0 Å². The van der Waals surface area contributed by atoms with Crippen molar-refractivity contribution in [2.75, 3.05) is 31.6 Å². The van der Waals surface area contributed by atoms with E-state index in [4.69, 9.17) is 4.74 Å². The molecule has 3 amide bonds. The average Bonchev–Trinajstić information content (AvgIpc) is 2.62. The number of hydrogen-bond acceptors (Lipinski definition) is 3. The summed E-state index contributed by atoms with van der Waals surface area (Å²) in [5, 5.41) is 5.84. The maximum absolute atomic E-state index is 12.7. The number of nitrogens with zero attached hydrogens (tertiary/aromatic N) is 1. The fourth-order valence-electron chi connectivity index (χ4n) is 2.98. The number of carbonyl (C=O) groups excluding carboxylic acids is 2. The lowest BCUT2D eigenvalue weighted by atomic mass is 10.0. The third-order valence-corrected chi connectivity index (χ3v) is 4.67. The molecule has 0 saturated carbocycles.